The molecule has 2 N–H and O–H groups in total. The first-order chi connectivity index (χ1) is 9.16. The van der Waals surface area contributed by atoms with Crippen LogP contribution in [0.2, 0.25) is 0 Å². The van der Waals surface area contributed by atoms with Crippen molar-refractivity contribution in [3.8, 4) is 0 Å². The van der Waals surface area contributed by atoms with Crippen LogP contribution in [0.5, 0.6) is 0 Å². The minimum atomic E-state index is -1.03. The SMILES string of the molecule is O=C(O)CC(C(=O)NCC1CCCO1)c1ccco1. The van der Waals surface area contributed by atoms with Gasteiger partial charge in [0.1, 0.15) is 11.7 Å². The molecule has 0 bridgehead atoms. The molecule has 1 aromatic heterocycles. The second-order valence-corrected chi connectivity index (χ2v) is 4.55. The average molecular weight is 267 g/mol. The standard InChI is InChI=1S/C13H17NO5/c15-12(16)7-10(11-4-2-6-19-11)13(17)14-8-9-3-1-5-18-9/h2,4,6,9-10H,1,3,5,7-8H2,(H,14,17)(H,15,16). The highest BCUT2D eigenvalue weighted by molar-refractivity contribution is 5.87. The molecule has 0 spiro atoms. The maximum atomic E-state index is 12.0. The molecule has 19 heavy (non-hydrogen) atoms. The van der Waals surface area contributed by atoms with Crippen LogP contribution in [0.3, 0.4) is 0 Å². The fraction of sp³-hybridized carbons (Fsp3) is 0.538. The normalized spacial score (nSPS) is 20.1. The van der Waals surface area contributed by atoms with Gasteiger partial charge >= 0.3 is 5.97 Å². The predicted octanol–water partition coefficient (Wildman–Crippen LogP) is 1.13. The first-order valence-corrected chi connectivity index (χ1v) is 6.31. The molecule has 2 heterocycles. The first-order valence-electron chi connectivity index (χ1n) is 6.31. The number of furan rings is 1. The summed E-state index contributed by atoms with van der Waals surface area (Å²) in [6.07, 6.45) is 3.09. The molecule has 2 atom stereocenters. The number of hydrogen-bond acceptors (Lipinski definition) is 4. The molecule has 2 unspecified atom stereocenters. The molecule has 1 aromatic rings. The van der Waals surface area contributed by atoms with E-state index in [1.807, 2.05) is 0 Å². The van der Waals surface area contributed by atoms with E-state index in [0.29, 0.717) is 12.3 Å². The van der Waals surface area contributed by atoms with Gasteiger partial charge in [0.2, 0.25) is 5.91 Å². The predicted molar refractivity (Wildman–Crippen MR) is 65.7 cm³/mol. The summed E-state index contributed by atoms with van der Waals surface area (Å²) in [5, 5.41) is 11.6. The minimum Gasteiger partial charge on any atom is -0.481 e. The van der Waals surface area contributed by atoms with Gasteiger partial charge in [-0.05, 0) is 25.0 Å². The minimum absolute atomic E-state index is 0.0334. The summed E-state index contributed by atoms with van der Waals surface area (Å²) in [5.41, 5.74) is 0. The van der Waals surface area contributed by atoms with Gasteiger partial charge in [-0.2, -0.15) is 0 Å². The van der Waals surface area contributed by atoms with Gasteiger partial charge in [0, 0.05) is 13.2 Å². The van der Waals surface area contributed by atoms with E-state index >= 15 is 0 Å². The van der Waals surface area contributed by atoms with Crippen LogP contribution in [-0.2, 0) is 14.3 Å². The summed E-state index contributed by atoms with van der Waals surface area (Å²) in [7, 11) is 0. The van der Waals surface area contributed by atoms with Crippen molar-refractivity contribution in [1.82, 2.24) is 5.32 Å². The largest absolute Gasteiger partial charge is 0.481 e. The van der Waals surface area contributed by atoms with E-state index in [9.17, 15) is 9.59 Å². The molecule has 0 aliphatic carbocycles. The van der Waals surface area contributed by atoms with Crippen LogP contribution in [0, 0.1) is 0 Å². The third-order valence-corrected chi connectivity index (χ3v) is 3.11. The lowest BCUT2D eigenvalue weighted by Gasteiger charge is -2.15. The van der Waals surface area contributed by atoms with E-state index in [-0.39, 0.29) is 18.4 Å². The Morgan fingerprint density at radius 3 is 2.95 bits per heavy atom. The molecule has 1 fully saturated rings. The topological polar surface area (TPSA) is 88.8 Å². The van der Waals surface area contributed by atoms with Crippen molar-refractivity contribution in [2.75, 3.05) is 13.2 Å². The van der Waals surface area contributed by atoms with E-state index in [1.165, 1.54) is 6.26 Å². The molecule has 0 saturated carbocycles. The third-order valence-electron chi connectivity index (χ3n) is 3.11. The smallest absolute Gasteiger partial charge is 0.304 e. The Hall–Kier alpha value is -1.82. The van der Waals surface area contributed by atoms with E-state index < -0.39 is 11.9 Å². The monoisotopic (exact) mass is 267 g/mol. The fourth-order valence-electron chi connectivity index (χ4n) is 2.13. The molecule has 104 valence electrons. The maximum absolute atomic E-state index is 12.0. The summed E-state index contributed by atoms with van der Waals surface area (Å²) < 4.78 is 10.5. The zero-order valence-electron chi connectivity index (χ0n) is 10.5. The van der Waals surface area contributed by atoms with Crippen LogP contribution >= 0.6 is 0 Å². The van der Waals surface area contributed by atoms with Crippen LogP contribution in [0.15, 0.2) is 22.8 Å². The van der Waals surface area contributed by atoms with Crippen molar-refractivity contribution in [2.24, 2.45) is 0 Å². The summed E-state index contributed by atoms with van der Waals surface area (Å²) >= 11 is 0. The Bertz CT molecular complexity index is 422. The number of aliphatic carboxylic acids is 1. The van der Waals surface area contributed by atoms with Crippen LogP contribution < -0.4 is 5.32 Å². The number of carbonyl (C=O) groups excluding carboxylic acids is 1. The van der Waals surface area contributed by atoms with Crippen molar-refractivity contribution >= 4 is 11.9 Å². The quantitative estimate of drug-likeness (QED) is 0.806. The second kappa shape index (κ2) is 6.38. The molecule has 0 radical (unpaired) electrons. The van der Waals surface area contributed by atoms with Crippen molar-refractivity contribution in [2.45, 2.75) is 31.3 Å². The highest BCUT2D eigenvalue weighted by Crippen LogP contribution is 2.21. The van der Waals surface area contributed by atoms with Gasteiger partial charge in [-0.1, -0.05) is 0 Å². The van der Waals surface area contributed by atoms with Crippen LogP contribution in [0.25, 0.3) is 0 Å². The molecule has 2 rings (SSSR count). The number of ether oxygens (including phenoxy) is 1. The van der Waals surface area contributed by atoms with Crippen molar-refractivity contribution in [3.05, 3.63) is 24.2 Å². The number of hydrogen-bond donors (Lipinski definition) is 2. The lowest BCUT2D eigenvalue weighted by molar-refractivity contribution is -0.140. The Morgan fingerprint density at radius 2 is 2.37 bits per heavy atom. The van der Waals surface area contributed by atoms with Crippen LogP contribution in [0.1, 0.15) is 30.9 Å². The summed E-state index contributed by atoms with van der Waals surface area (Å²) in [4.78, 5) is 22.9. The van der Waals surface area contributed by atoms with Crippen molar-refractivity contribution in [1.29, 1.82) is 0 Å². The van der Waals surface area contributed by atoms with E-state index in [1.54, 1.807) is 12.1 Å². The van der Waals surface area contributed by atoms with Crippen LogP contribution in [-0.4, -0.2) is 36.2 Å². The molecule has 1 amide bonds. The zero-order chi connectivity index (χ0) is 13.7. The summed E-state index contributed by atoms with van der Waals surface area (Å²) in [6, 6.07) is 3.25. The number of carboxylic acids is 1. The first kappa shape index (κ1) is 13.6. The van der Waals surface area contributed by atoms with E-state index in [0.717, 1.165) is 19.4 Å². The molecule has 1 aliphatic heterocycles. The Labute approximate surface area is 110 Å². The summed E-state index contributed by atoms with van der Waals surface area (Å²) in [5.74, 6) is -1.80. The van der Waals surface area contributed by atoms with Crippen molar-refractivity contribution < 1.29 is 23.8 Å². The Kier molecular flexibility index (Phi) is 4.57. The van der Waals surface area contributed by atoms with E-state index in [2.05, 4.69) is 5.32 Å². The average Bonchev–Trinajstić information content (AvgIpc) is 3.05. The van der Waals surface area contributed by atoms with Gasteiger partial charge in [0.05, 0.1) is 18.8 Å². The van der Waals surface area contributed by atoms with Crippen molar-refractivity contribution in [3.63, 3.8) is 0 Å². The number of carboxylic acid groups (broad SMARTS) is 1. The van der Waals surface area contributed by atoms with Gasteiger partial charge in [-0.3, -0.25) is 9.59 Å². The zero-order valence-corrected chi connectivity index (χ0v) is 10.5. The number of nitrogens with one attached hydrogen (secondary N) is 1. The third kappa shape index (κ3) is 3.82. The highest BCUT2D eigenvalue weighted by Gasteiger charge is 2.27. The van der Waals surface area contributed by atoms with E-state index in [4.69, 9.17) is 14.3 Å². The molecule has 6 nitrogen and oxygen atoms in total. The molecule has 1 aliphatic rings. The van der Waals surface area contributed by atoms with Gasteiger partial charge in [0.25, 0.3) is 0 Å². The lowest BCUT2D eigenvalue weighted by Crippen LogP contribution is -2.36. The molecule has 1 saturated heterocycles. The Balaban J connectivity index is 1.93. The lowest BCUT2D eigenvalue weighted by atomic mass is 10.0. The molecular formula is C13H17NO5. The van der Waals surface area contributed by atoms with Gasteiger partial charge < -0.3 is 19.6 Å². The number of carbonyl (C=O) groups is 2. The molecule has 6 heteroatoms. The summed E-state index contributed by atoms with van der Waals surface area (Å²) in [6.45, 7) is 1.13. The highest BCUT2D eigenvalue weighted by atomic mass is 16.5. The fourth-order valence-corrected chi connectivity index (χ4v) is 2.13. The maximum Gasteiger partial charge on any atom is 0.304 e. The van der Waals surface area contributed by atoms with Crippen LogP contribution in [0.4, 0.5) is 0 Å². The van der Waals surface area contributed by atoms with Gasteiger partial charge in [-0.25, -0.2) is 0 Å². The number of amides is 1. The van der Waals surface area contributed by atoms with Gasteiger partial charge in [-0.15, -0.1) is 0 Å². The molecular weight excluding hydrogens is 250 g/mol. The Morgan fingerprint density at radius 1 is 1.53 bits per heavy atom. The van der Waals surface area contributed by atoms with Gasteiger partial charge in [0.15, 0.2) is 0 Å². The second-order valence-electron chi connectivity index (χ2n) is 4.55. The molecule has 0 aromatic carbocycles. The number of rotatable bonds is 6.